The van der Waals surface area contributed by atoms with Gasteiger partial charge in [0.15, 0.2) is 11.4 Å². The topological polar surface area (TPSA) is 57.6 Å². The number of benzene rings is 3. The number of carbonyl (C=O) groups excluding carboxylic acids is 2. The molecule has 4 rings (SSSR count). The molecule has 0 aromatic heterocycles. The lowest BCUT2D eigenvalue weighted by molar-refractivity contribution is -0.139. The minimum absolute atomic E-state index is 0.256. The van der Waals surface area contributed by atoms with E-state index in [1.165, 1.54) is 0 Å². The fourth-order valence-corrected chi connectivity index (χ4v) is 4.04. The van der Waals surface area contributed by atoms with Gasteiger partial charge in [0.1, 0.15) is 0 Å². The second-order valence-corrected chi connectivity index (χ2v) is 7.55. The number of Topliss-reactive ketones (excluding diaryl/α,β-unsaturated/α-hetero) is 1. The summed E-state index contributed by atoms with van der Waals surface area (Å²) in [5.41, 5.74) is 1.79. The molecule has 0 saturated heterocycles. The maximum Gasteiger partial charge on any atom is 0.264 e. The van der Waals surface area contributed by atoms with Crippen molar-refractivity contribution in [2.45, 2.75) is 26.0 Å². The smallest absolute Gasteiger partial charge is 0.264 e. The zero-order valence-electron chi connectivity index (χ0n) is 16.5. The van der Waals surface area contributed by atoms with E-state index in [-0.39, 0.29) is 5.78 Å². The van der Waals surface area contributed by atoms with Gasteiger partial charge in [0.2, 0.25) is 0 Å². The highest BCUT2D eigenvalue weighted by molar-refractivity contribution is 6.11. The van der Waals surface area contributed by atoms with Gasteiger partial charge in [0, 0.05) is 11.1 Å². The normalized spacial score (nSPS) is 19.1. The standard InChI is InChI=1S/C25H23NO3/c1-17-10-6-7-13-20(17)16-26-22-15-9-8-14-21(22)25(29,24(26)28)18(2)23(27)19-11-4-3-5-12-19/h3-15,18,29H,16H2,1-2H3/t18-,25+/m0/s1. The van der Waals surface area contributed by atoms with Crippen molar-refractivity contribution in [1.29, 1.82) is 0 Å². The van der Waals surface area contributed by atoms with Gasteiger partial charge in [0.05, 0.1) is 18.2 Å². The number of carbonyl (C=O) groups is 2. The lowest BCUT2D eigenvalue weighted by Gasteiger charge is -2.28. The minimum atomic E-state index is -1.90. The van der Waals surface area contributed by atoms with Gasteiger partial charge < -0.3 is 10.0 Å². The SMILES string of the molecule is Cc1ccccc1CN1C(=O)[C@@](O)([C@@H](C)C(=O)c2ccccc2)c2ccccc21. The average Bonchev–Trinajstić information content (AvgIpc) is 2.97. The van der Waals surface area contributed by atoms with Crippen LogP contribution in [-0.4, -0.2) is 16.8 Å². The van der Waals surface area contributed by atoms with E-state index in [0.717, 1.165) is 11.1 Å². The van der Waals surface area contributed by atoms with E-state index in [4.69, 9.17) is 0 Å². The van der Waals surface area contributed by atoms with Crippen LogP contribution in [0.3, 0.4) is 0 Å². The Balaban J connectivity index is 1.75. The lowest BCUT2D eigenvalue weighted by Crippen LogP contribution is -2.47. The van der Waals surface area contributed by atoms with Gasteiger partial charge in [-0.1, -0.05) is 79.7 Å². The molecule has 0 saturated carbocycles. The van der Waals surface area contributed by atoms with Gasteiger partial charge in [-0.05, 0) is 24.1 Å². The number of amides is 1. The predicted octanol–water partition coefficient (Wildman–Crippen LogP) is 4.25. The number of hydrogen-bond donors (Lipinski definition) is 1. The molecule has 0 fully saturated rings. The van der Waals surface area contributed by atoms with Crippen LogP contribution >= 0.6 is 0 Å². The molecule has 1 heterocycles. The van der Waals surface area contributed by atoms with Crippen LogP contribution < -0.4 is 4.90 Å². The Morgan fingerprint density at radius 1 is 0.966 bits per heavy atom. The summed E-state index contributed by atoms with van der Waals surface area (Å²) in [6.07, 6.45) is 0. The second kappa shape index (κ2) is 7.30. The van der Waals surface area contributed by atoms with Crippen molar-refractivity contribution in [3.63, 3.8) is 0 Å². The molecule has 0 unspecified atom stereocenters. The van der Waals surface area contributed by atoms with Crippen LogP contribution in [0, 0.1) is 12.8 Å². The summed E-state index contributed by atoms with van der Waals surface area (Å²) in [5.74, 6) is -1.63. The monoisotopic (exact) mass is 385 g/mol. The molecule has 2 atom stereocenters. The first kappa shape index (κ1) is 19.1. The average molecular weight is 385 g/mol. The molecule has 3 aromatic carbocycles. The molecule has 1 amide bonds. The third kappa shape index (κ3) is 3.06. The van der Waals surface area contributed by atoms with E-state index < -0.39 is 17.4 Å². The number of anilines is 1. The van der Waals surface area contributed by atoms with Crippen LogP contribution in [0.1, 0.15) is 34.0 Å². The van der Waals surface area contributed by atoms with Gasteiger partial charge in [-0.25, -0.2) is 0 Å². The van der Waals surface area contributed by atoms with Crippen molar-refractivity contribution in [2.75, 3.05) is 4.90 Å². The Bertz CT molecular complexity index is 1080. The Kier molecular flexibility index (Phi) is 4.81. The number of hydrogen-bond acceptors (Lipinski definition) is 3. The van der Waals surface area contributed by atoms with E-state index in [2.05, 4.69) is 0 Å². The van der Waals surface area contributed by atoms with E-state index in [9.17, 15) is 14.7 Å². The quantitative estimate of drug-likeness (QED) is 0.668. The molecule has 29 heavy (non-hydrogen) atoms. The molecular weight excluding hydrogens is 362 g/mol. The Hall–Kier alpha value is -3.24. The fourth-order valence-electron chi connectivity index (χ4n) is 4.04. The molecule has 0 radical (unpaired) electrons. The molecule has 4 nitrogen and oxygen atoms in total. The number of aryl methyl sites for hydroxylation is 1. The maximum atomic E-state index is 13.5. The molecule has 0 bridgehead atoms. The summed E-state index contributed by atoms with van der Waals surface area (Å²) >= 11 is 0. The van der Waals surface area contributed by atoms with Gasteiger partial charge >= 0.3 is 0 Å². The minimum Gasteiger partial charge on any atom is -0.375 e. The lowest BCUT2D eigenvalue weighted by atomic mass is 9.79. The van der Waals surface area contributed by atoms with Gasteiger partial charge in [-0.3, -0.25) is 9.59 Å². The largest absolute Gasteiger partial charge is 0.375 e. The summed E-state index contributed by atoms with van der Waals surface area (Å²) in [4.78, 5) is 28.2. The first-order valence-electron chi connectivity index (χ1n) is 9.72. The van der Waals surface area contributed by atoms with Crippen molar-refractivity contribution < 1.29 is 14.7 Å². The summed E-state index contributed by atoms with van der Waals surface area (Å²) < 4.78 is 0. The van der Waals surface area contributed by atoms with Gasteiger partial charge in [-0.2, -0.15) is 0 Å². The van der Waals surface area contributed by atoms with Crippen LogP contribution in [0.4, 0.5) is 5.69 Å². The van der Waals surface area contributed by atoms with E-state index in [1.54, 1.807) is 48.2 Å². The summed E-state index contributed by atoms with van der Waals surface area (Å²) in [6.45, 7) is 3.97. The van der Waals surface area contributed by atoms with Crippen LogP contribution in [0.15, 0.2) is 78.9 Å². The fraction of sp³-hybridized carbons (Fsp3) is 0.200. The third-order valence-electron chi connectivity index (χ3n) is 5.84. The highest BCUT2D eigenvalue weighted by Crippen LogP contribution is 2.46. The van der Waals surface area contributed by atoms with E-state index >= 15 is 0 Å². The first-order chi connectivity index (χ1) is 13.9. The number of nitrogens with zero attached hydrogens (tertiary/aromatic N) is 1. The number of fused-ring (bicyclic) bond motifs is 1. The molecule has 3 aromatic rings. The highest BCUT2D eigenvalue weighted by atomic mass is 16.3. The molecule has 0 spiro atoms. The predicted molar refractivity (Wildman–Crippen MR) is 113 cm³/mol. The first-order valence-corrected chi connectivity index (χ1v) is 9.72. The van der Waals surface area contributed by atoms with Crippen molar-refractivity contribution in [3.8, 4) is 0 Å². The number of rotatable bonds is 5. The number of para-hydroxylation sites is 1. The van der Waals surface area contributed by atoms with Gasteiger partial charge in [-0.15, -0.1) is 0 Å². The molecule has 1 aliphatic rings. The second-order valence-electron chi connectivity index (χ2n) is 7.55. The molecule has 1 N–H and O–H groups in total. The molecule has 4 heteroatoms. The van der Waals surface area contributed by atoms with Crippen LogP contribution in [0.5, 0.6) is 0 Å². The maximum absolute atomic E-state index is 13.5. The Labute approximate surface area is 170 Å². The highest BCUT2D eigenvalue weighted by Gasteiger charge is 2.55. The summed E-state index contributed by atoms with van der Waals surface area (Å²) in [5, 5.41) is 11.6. The van der Waals surface area contributed by atoms with Crippen molar-refractivity contribution in [1.82, 2.24) is 0 Å². The van der Waals surface area contributed by atoms with Crippen LogP contribution in [0.2, 0.25) is 0 Å². The van der Waals surface area contributed by atoms with Crippen LogP contribution in [-0.2, 0) is 16.9 Å². The van der Waals surface area contributed by atoms with Crippen molar-refractivity contribution in [2.24, 2.45) is 5.92 Å². The zero-order chi connectivity index (χ0) is 20.6. The Morgan fingerprint density at radius 3 is 2.31 bits per heavy atom. The number of aliphatic hydroxyl groups is 1. The summed E-state index contributed by atoms with van der Waals surface area (Å²) in [7, 11) is 0. The van der Waals surface area contributed by atoms with Crippen molar-refractivity contribution in [3.05, 3.63) is 101 Å². The number of ketones is 1. The Morgan fingerprint density at radius 2 is 1.59 bits per heavy atom. The van der Waals surface area contributed by atoms with Gasteiger partial charge in [0.25, 0.3) is 5.91 Å². The zero-order valence-corrected chi connectivity index (χ0v) is 16.5. The molecule has 146 valence electrons. The molecule has 0 aliphatic carbocycles. The van der Waals surface area contributed by atoms with E-state index in [0.29, 0.717) is 23.4 Å². The van der Waals surface area contributed by atoms with Crippen molar-refractivity contribution >= 4 is 17.4 Å². The third-order valence-corrected chi connectivity index (χ3v) is 5.84. The van der Waals surface area contributed by atoms with Crippen LogP contribution in [0.25, 0.3) is 0 Å². The van der Waals surface area contributed by atoms with E-state index in [1.807, 2.05) is 49.4 Å². The molecular formula is C25H23NO3. The molecule has 1 aliphatic heterocycles. The summed E-state index contributed by atoms with van der Waals surface area (Å²) in [6, 6.07) is 23.8.